The van der Waals surface area contributed by atoms with Crippen molar-refractivity contribution in [1.29, 1.82) is 5.26 Å². The fourth-order valence-electron chi connectivity index (χ4n) is 2.12. The van der Waals surface area contributed by atoms with Crippen molar-refractivity contribution in [3.63, 3.8) is 0 Å². The molecule has 0 amide bonds. The minimum Gasteiger partial charge on any atom is -0.461 e. The summed E-state index contributed by atoms with van der Waals surface area (Å²) in [5.41, 5.74) is 1.28. The van der Waals surface area contributed by atoms with E-state index >= 15 is 0 Å². The minimum absolute atomic E-state index is 0.0949. The molecular formula is C16H13N3O2S. The van der Waals surface area contributed by atoms with Crippen LogP contribution in [0, 0.1) is 17.2 Å². The van der Waals surface area contributed by atoms with Gasteiger partial charge in [-0.1, -0.05) is 6.07 Å². The topological polar surface area (TPSA) is 67.4 Å². The fraction of sp³-hybridized carbons (Fsp3) is 0.188. The van der Waals surface area contributed by atoms with Gasteiger partial charge in [0.2, 0.25) is 0 Å². The lowest BCUT2D eigenvalue weighted by atomic mass is 10.1. The van der Waals surface area contributed by atoms with E-state index in [9.17, 15) is 10.1 Å². The molecule has 0 saturated heterocycles. The first-order valence-electron chi connectivity index (χ1n) is 6.77. The zero-order valence-corrected chi connectivity index (χ0v) is 12.5. The van der Waals surface area contributed by atoms with Crippen LogP contribution in [0.1, 0.15) is 15.2 Å². The number of fused-ring (bicyclic) bond motifs is 1. The Morgan fingerprint density at radius 3 is 3.18 bits per heavy atom. The van der Waals surface area contributed by atoms with Crippen molar-refractivity contribution in [2.24, 2.45) is 5.92 Å². The molecule has 0 fully saturated rings. The third kappa shape index (κ3) is 3.15. The van der Waals surface area contributed by atoms with Crippen LogP contribution in [-0.4, -0.2) is 22.0 Å². The van der Waals surface area contributed by atoms with Gasteiger partial charge in [-0.25, -0.2) is 9.78 Å². The number of rotatable bonds is 5. The summed E-state index contributed by atoms with van der Waals surface area (Å²) < 4.78 is 7.08. The van der Waals surface area contributed by atoms with Gasteiger partial charge in [0.1, 0.15) is 6.61 Å². The van der Waals surface area contributed by atoms with Crippen LogP contribution in [0.5, 0.6) is 0 Å². The number of nitrogens with zero attached hydrogens (tertiary/aromatic N) is 3. The molecule has 110 valence electrons. The molecule has 1 atom stereocenters. The predicted octanol–water partition coefficient (Wildman–Crippen LogP) is 2.94. The highest BCUT2D eigenvalue weighted by molar-refractivity contribution is 7.09. The van der Waals surface area contributed by atoms with Crippen molar-refractivity contribution in [1.82, 2.24) is 9.38 Å². The van der Waals surface area contributed by atoms with Crippen molar-refractivity contribution in [2.75, 3.05) is 6.61 Å². The molecule has 3 aromatic heterocycles. The largest absolute Gasteiger partial charge is 0.461 e. The Kier molecular flexibility index (Phi) is 4.17. The van der Waals surface area contributed by atoms with Crippen LogP contribution < -0.4 is 0 Å². The highest BCUT2D eigenvalue weighted by Crippen LogP contribution is 2.15. The summed E-state index contributed by atoms with van der Waals surface area (Å²) >= 11 is 1.60. The van der Waals surface area contributed by atoms with Gasteiger partial charge < -0.3 is 9.14 Å². The van der Waals surface area contributed by atoms with E-state index in [1.807, 2.05) is 21.9 Å². The molecule has 3 heterocycles. The molecule has 0 aliphatic carbocycles. The Morgan fingerprint density at radius 2 is 2.41 bits per heavy atom. The summed E-state index contributed by atoms with van der Waals surface area (Å²) in [6.45, 7) is 0.0949. The first-order valence-corrected chi connectivity index (χ1v) is 7.65. The van der Waals surface area contributed by atoms with Crippen LogP contribution in [0.2, 0.25) is 0 Å². The molecule has 3 aromatic rings. The third-order valence-corrected chi connectivity index (χ3v) is 4.17. The van der Waals surface area contributed by atoms with Crippen LogP contribution in [0.25, 0.3) is 5.52 Å². The van der Waals surface area contributed by atoms with E-state index in [4.69, 9.17) is 4.74 Å². The molecule has 0 bridgehead atoms. The summed E-state index contributed by atoms with van der Waals surface area (Å²) in [6, 6.07) is 9.51. The van der Waals surface area contributed by atoms with E-state index in [1.165, 1.54) is 0 Å². The van der Waals surface area contributed by atoms with Crippen molar-refractivity contribution in [3.8, 4) is 6.07 Å². The Bertz CT molecular complexity index is 817. The maximum Gasteiger partial charge on any atom is 0.338 e. The van der Waals surface area contributed by atoms with Gasteiger partial charge in [-0.05, 0) is 23.6 Å². The van der Waals surface area contributed by atoms with E-state index in [0.717, 1.165) is 10.4 Å². The molecule has 0 aliphatic rings. The number of carbonyl (C=O) groups is 1. The highest BCUT2D eigenvalue weighted by atomic mass is 32.1. The van der Waals surface area contributed by atoms with Gasteiger partial charge in [0, 0.05) is 17.5 Å². The van der Waals surface area contributed by atoms with E-state index in [2.05, 4.69) is 11.1 Å². The second kappa shape index (κ2) is 6.41. The first-order chi connectivity index (χ1) is 10.8. The van der Waals surface area contributed by atoms with E-state index in [-0.39, 0.29) is 12.5 Å². The summed E-state index contributed by atoms with van der Waals surface area (Å²) in [5, 5.41) is 11.1. The number of pyridine rings is 1. The Balaban J connectivity index is 1.62. The first kappa shape index (κ1) is 14.3. The minimum atomic E-state index is -0.421. The molecule has 0 N–H and O–H groups in total. The second-order valence-electron chi connectivity index (χ2n) is 4.85. The molecule has 0 aromatic carbocycles. The summed E-state index contributed by atoms with van der Waals surface area (Å²) in [6.07, 6.45) is 5.69. The molecule has 6 heteroatoms. The molecule has 5 nitrogen and oxygen atoms in total. The van der Waals surface area contributed by atoms with Crippen LogP contribution in [-0.2, 0) is 11.2 Å². The molecule has 0 aliphatic heterocycles. The highest BCUT2D eigenvalue weighted by Gasteiger charge is 2.14. The number of thiophene rings is 1. The van der Waals surface area contributed by atoms with E-state index in [0.29, 0.717) is 12.0 Å². The second-order valence-corrected chi connectivity index (χ2v) is 5.88. The molecule has 0 saturated carbocycles. The fourth-order valence-corrected chi connectivity index (χ4v) is 2.91. The number of hydrogen-bond acceptors (Lipinski definition) is 5. The smallest absolute Gasteiger partial charge is 0.338 e. The van der Waals surface area contributed by atoms with Crippen LogP contribution in [0.3, 0.4) is 0 Å². The number of ether oxygens (including phenoxy) is 1. The predicted molar refractivity (Wildman–Crippen MR) is 82.6 cm³/mol. The van der Waals surface area contributed by atoms with Crippen molar-refractivity contribution >= 4 is 22.8 Å². The van der Waals surface area contributed by atoms with E-state index < -0.39 is 5.97 Å². The lowest BCUT2D eigenvalue weighted by Gasteiger charge is -2.09. The van der Waals surface area contributed by atoms with Gasteiger partial charge >= 0.3 is 5.97 Å². The normalized spacial score (nSPS) is 12.0. The molecule has 0 unspecified atom stereocenters. The van der Waals surface area contributed by atoms with Crippen molar-refractivity contribution in [3.05, 3.63) is 58.8 Å². The van der Waals surface area contributed by atoms with Crippen molar-refractivity contribution < 1.29 is 9.53 Å². The monoisotopic (exact) mass is 311 g/mol. The number of carbonyl (C=O) groups excluding carboxylic acids is 1. The number of imidazole rings is 1. The zero-order chi connectivity index (χ0) is 15.4. The third-order valence-electron chi connectivity index (χ3n) is 3.28. The molecular weight excluding hydrogens is 298 g/mol. The Labute approximate surface area is 131 Å². The number of esters is 1. The zero-order valence-electron chi connectivity index (χ0n) is 11.7. The van der Waals surface area contributed by atoms with Gasteiger partial charge in [0.15, 0.2) is 0 Å². The van der Waals surface area contributed by atoms with Gasteiger partial charge in [0.25, 0.3) is 0 Å². The standard InChI is InChI=1S/C16H13N3O2S/c17-8-12(6-15-2-1-5-22-15)10-21-16(20)13-3-4-19-11-18-9-14(19)7-13/h1-5,7,9,11-12H,6,10H2/t12-/m1/s1. The molecule has 3 rings (SSSR count). The maximum atomic E-state index is 12.1. The summed E-state index contributed by atoms with van der Waals surface area (Å²) in [4.78, 5) is 17.2. The lowest BCUT2D eigenvalue weighted by Crippen LogP contribution is -2.15. The summed E-state index contributed by atoms with van der Waals surface area (Å²) in [5.74, 6) is -0.753. The quantitative estimate of drug-likeness (QED) is 0.679. The van der Waals surface area contributed by atoms with Crippen LogP contribution >= 0.6 is 11.3 Å². The van der Waals surface area contributed by atoms with Crippen LogP contribution in [0.4, 0.5) is 0 Å². The maximum absolute atomic E-state index is 12.1. The number of aromatic nitrogens is 2. The molecule has 22 heavy (non-hydrogen) atoms. The SMILES string of the molecule is N#C[C@H](COC(=O)c1ccn2cncc2c1)Cc1cccs1. The van der Waals surface area contributed by atoms with Gasteiger partial charge in [-0.15, -0.1) is 11.3 Å². The van der Waals surface area contributed by atoms with Gasteiger partial charge in [-0.2, -0.15) is 5.26 Å². The van der Waals surface area contributed by atoms with Crippen molar-refractivity contribution in [2.45, 2.75) is 6.42 Å². The Hall–Kier alpha value is -2.65. The van der Waals surface area contributed by atoms with E-state index in [1.54, 1.807) is 42.2 Å². The average molecular weight is 311 g/mol. The molecule has 0 spiro atoms. The average Bonchev–Trinajstić information content (AvgIpc) is 3.21. The lowest BCUT2D eigenvalue weighted by molar-refractivity contribution is 0.0468. The van der Waals surface area contributed by atoms with Gasteiger partial charge in [-0.3, -0.25) is 0 Å². The Morgan fingerprint density at radius 1 is 1.50 bits per heavy atom. The van der Waals surface area contributed by atoms with Gasteiger partial charge in [0.05, 0.1) is 35.6 Å². The molecule has 0 radical (unpaired) electrons. The number of nitriles is 1. The number of hydrogen-bond donors (Lipinski definition) is 0. The summed E-state index contributed by atoms with van der Waals surface area (Å²) in [7, 11) is 0. The van der Waals surface area contributed by atoms with Crippen LogP contribution in [0.15, 0.2) is 48.4 Å².